The maximum Gasteiger partial charge on any atom is 0.167 e. The second kappa shape index (κ2) is 11.3. The van der Waals surface area contributed by atoms with Gasteiger partial charge in [0.1, 0.15) is 12.4 Å². The third-order valence-electron chi connectivity index (χ3n) is 8.18. The predicted octanol–water partition coefficient (Wildman–Crippen LogP) is 8.80. The third-order valence-corrected chi connectivity index (χ3v) is 8.18. The van der Waals surface area contributed by atoms with Crippen molar-refractivity contribution in [2.75, 3.05) is 6.61 Å². The summed E-state index contributed by atoms with van der Waals surface area (Å²) in [7, 11) is 0. The number of allylic oxidation sites excluding steroid dienone is 2. The smallest absolute Gasteiger partial charge is 0.167 e. The van der Waals surface area contributed by atoms with E-state index in [-0.39, 0.29) is 0 Å². The van der Waals surface area contributed by atoms with Gasteiger partial charge in [0.25, 0.3) is 0 Å². The molecule has 0 spiro atoms. The molecular formula is C30H38F2O. The average Bonchev–Trinajstić information content (AvgIpc) is 2.86. The molecule has 0 saturated heterocycles. The van der Waals surface area contributed by atoms with Crippen LogP contribution in [0.1, 0.15) is 70.3 Å². The number of aryl methyl sites for hydroxylation is 1. The molecule has 0 bridgehead atoms. The molecule has 2 aliphatic carbocycles. The Bertz CT molecular complexity index is 963. The van der Waals surface area contributed by atoms with Gasteiger partial charge in [-0.15, -0.1) is 6.58 Å². The van der Waals surface area contributed by atoms with E-state index in [0.29, 0.717) is 35.6 Å². The Morgan fingerprint density at radius 2 is 1.64 bits per heavy atom. The molecule has 3 heteroatoms. The van der Waals surface area contributed by atoms with E-state index >= 15 is 0 Å². The van der Waals surface area contributed by atoms with E-state index in [1.54, 1.807) is 6.07 Å². The molecule has 0 unspecified atom stereocenters. The SMILES string of the molecule is C=CC1CCC(C2CCC(CCc3cc4ccc(OCC=CC)cc4c(F)c3F)CC2)CC1. The lowest BCUT2D eigenvalue weighted by atomic mass is 9.68. The van der Waals surface area contributed by atoms with Gasteiger partial charge in [0.05, 0.1) is 0 Å². The summed E-state index contributed by atoms with van der Waals surface area (Å²) in [6.45, 7) is 6.30. The minimum Gasteiger partial charge on any atom is -0.490 e. The van der Waals surface area contributed by atoms with Crippen molar-refractivity contribution in [1.29, 1.82) is 0 Å². The lowest BCUT2D eigenvalue weighted by Gasteiger charge is -2.37. The van der Waals surface area contributed by atoms with Crippen molar-refractivity contribution >= 4 is 10.8 Å². The fourth-order valence-electron chi connectivity index (χ4n) is 6.03. The Hall–Kier alpha value is -2.16. The summed E-state index contributed by atoms with van der Waals surface area (Å²) in [6, 6.07) is 7.09. The summed E-state index contributed by atoms with van der Waals surface area (Å²) in [5.74, 6) is 2.23. The summed E-state index contributed by atoms with van der Waals surface area (Å²) < 4.78 is 35.3. The molecule has 0 aromatic heterocycles. The van der Waals surface area contributed by atoms with Gasteiger partial charge in [0, 0.05) is 5.39 Å². The van der Waals surface area contributed by atoms with Gasteiger partial charge in [-0.05, 0) is 111 Å². The fraction of sp³-hybridized carbons (Fsp3) is 0.533. The van der Waals surface area contributed by atoms with Gasteiger partial charge >= 0.3 is 0 Å². The number of rotatable bonds is 8. The van der Waals surface area contributed by atoms with Crippen LogP contribution >= 0.6 is 0 Å². The van der Waals surface area contributed by atoms with Crippen LogP contribution in [0, 0.1) is 35.3 Å². The van der Waals surface area contributed by atoms with Gasteiger partial charge < -0.3 is 4.74 Å². The summed E-state index contributed by atoms with van der Waals surface area (Å²) >= 11 is 0. The molecule has 0 heterocycles. The van der Waals surface area contributed by atoms with E-state index in [2.05, 4.69) is 12.7 Å². The molecule has 0 amide bonds. The average molecular weight is 453 g/mol. The van der Waals surface area contributed by atoms with Crippen molar-refractivity contribution in [2.45, 2.75) is 71.1 Å². The first kappa shape index (κ1) is 24.0. The van der Waals surface area contributed by atoms with Crippen molar-refractivity contribution in [3.8, 4) is 5.75 Å². The normalized spacial score (nSPS) is 26.0. The molecule has 0 radical (unpaired) electrons. The van der Waals surface area contributed by atoms with Crippen LogP contribution in [-0.2, 0) is 6.42 Å². The first-order valence-electron chi connectivity index (χ1n) is 12.9. The third kappa shape index (κ3) is 5.86. The maximum atomic E-state index is 14.9. The molecule has 0 aliphatic heterocycles. The summed E-state index contributed by atoms with van der Waals surface area (Å²) in [6.07, 6.45) is 17.9. The minimum atomic E-state index is -0.752. The molecule has 1 nitrogen and oxygen atoms in total. The number of benzene rings is 2. The Kier molecular flexibility index (Phi) is 8.22. The monoisotopic (exact) mass is 452 g/mol. The highest BCUT2D eigenvalue weighted by atomic mass is 19.2. The van der Waals surface area contributed by atoms with Gasteiger partial charge in [0.2, 0.25) is 0 Å². The van der Waals surface area contributed by atoms with E-state index < -0.39 is 11.6 Å². The van der Waals surface area contributed by atoms with Gasteiger partial charge in [0.15, 0.2) is 11.6 Å². The van der Waals surface area contributed by atoms with Gasteiger partial charge in [-0.25, -0.2) is 8.78 Å². The lowest BCUT2D eigenvalue weighted by Crippen LogP contribution is -2.25. The Morgan fingerprint density at radius 3 is 2.30 bits per heavy atom. The standard InChI is InChI=1S/C30H38F2O/c1-3-5-18-33-27-17-16-25-19-26(29(31)30(32)28(25)20-27)15-10-22-8-13-24(14-9-22)23-11-6-21(4-2)7-12-23/h3-5,16-17,19-24H,2,6-15,18H2,1H3. The molecule has 2 aromatic rings. The van der Waals surface area contributed by atoms with Gasteiger partial charge in [-0.3, -0.25) is 0 Å². The van der Waals surface area contributed by atoms with Crippen LogP contribution in [0.2, 0.25) is 0 Å². The summed E-state index contributed by atoms with van der Waals surface area (Å²) in [5.41, 5.74) is 0.507. The zero-order valence-electron chi connectivity index (χ0n) is 20.0. The van der Waals surface area contributed by atoms with E-state index in [0.717, 1.165) is 29.6 Å². The fourth-order valence-corrected chi connectivity index (χ4v) is 6.03. The second-order valence-electron chi connectivity index (χ2n) is 10.2. The first-order chi connectivity index (χ1) is 16.1. The number of fused-ring (bicyclic) bond motifs is 1. The molecule has 2 fully saturated rings. The van der Waals surface area contributed by atoms with Crippen molar-refractivity contribution in [2.24, 2.45) is 23.7 Å². The predicted molar refractivity (Wildman–Crippen MR) is 134 cm³/mol. The van der Waals surface area contributed by atoms with Crippen LogP contribution < -0.4 is 4.74 Å². The van der Waals surface area contributed by atoms with Crippen molar-refractivity contribution in [3.63, 3.8) is 0 Å². The van der Waals surface area contributed by atoms with Crippen LogP contribution in [0.4, 0.5) is 8.78 Å². The molecule has 2 saturated carbocycles. The molecule has 0 N–H and O–H groups in total. The number of hydrogen-bond donors (Lipinski definition) is 0. The van der Waals surface area contributed by atoms with E-state index in [9.17, 15) is 8.78 Å². The Balaban J connectivity index is 1.32. The Labute approximate surface area is 197 Å². The molecule has 4 rings (SSSR count). The van der Waals surface area contributed by atoms with E-state index in [1.807, 2.05) is 37.3 Å². The van der Waals surface area contributed by atoms with Crippen LogP contribution in [0.3, 0.4) is 0 Å². The van der Waals surface area contributed by atoms with Gasteiger partial charge in [-0.2, -0.15) is 0 Å². The number of hydrogen-bond acceptors (Lipinski definition) is 1. The summed E-state index contributed by atoms with van der Waals surface area (Å²) in [5, 5.41) is 1.03. The highest BCUT2D eigenvalue weighted by Gasteiger charge is 2.30. The Morgan fingerprint density at radius 1 is 0.939 bits per heavy atom. The van der Waals surface area contributed by atoms with Crippen LogP contribution in [-0.4, -0.2) is 6.61 Å². The topological polar surface area (TPSA) is 9.23 Å². The molecule has 0 atom stereocenters. The van der Waals surface area contributed by atoms with E-state index in [1.165, 1.54) is 51.4 Å². The molecule has 33 heavy (non-hydrogen) atoms. The second-order valence-corrected chi connectivity index (χ2v) is 10.2. The highest BCUT2D eigenvalue weighted by Crippen LogP contribution is 2.42. The van der Waals surface area contributed by atoms with Crippen LogP contribution in [0.25, 0.3) is 10.8 Å². The van der Waals surface area contributed by atoms with Gasteiger partial charge in [-0.1, -0.05) is 37.1 Å². The zero-order chi connectivity index (χ0) is 23.2. The highest BCUT2D eigenvalue weighted by molar-refractivity contribution is 5.85. The summed E-state index contributed by atoms with van der Waals surface area (Å²) in [4.78, 5) is 0. The molecule has 2 aromatic carbocycles. The largest absolute Gasteiger partial charge is 0.490 e. The van der Waals surface area contributed by atoms with Crippen LogP contribution in [0.5, 0.6) is 5.75 Å². The lowest BCUT2D eigenvalue weighted by molar-refractivity contribution is 0.152. The number of ether oxygens (including phenoxy) is 1. The number of halogens is 2. The quantitative estimate of drug-likeness (QED) is 0.364. The zero-order valence-corrected chi connectivity index (χ0v) is 20.0. The molecular weight excluding hydrogens is 414 g/mol. The van der Waals surface area contributed by atoms with Crippen molar-refractivity contribution < 1.29 is 13.5 Å². The van der Waals surface area contributed by atoms with Crippen molar-refractivity contribution in [3.05, 3.63) is 66.3 Å². The first-order valence-corrected chi connectivity index (χ1v) is 12.9. The maximum absolute atomic E-state index is 14.9. The minimum absolute atomic E-state index is 0.293. The van der Waals surface area contributed by atoms with Crippen molar-refractivity contribution in [1.82, 2.24) is 0 Å². The molecule has 2 aliphatic rings. The van der Waals surface area contributed by atoms with Crippen LogP contribution in [0.15, 0.2) is 49.1 Å². The van der Waals surface area contributed by atoms with E-state index in [4.69, 9.17) is 4.74 Å². The molecule has 178 valence electrons.